The minimum absolute atomic E-state index is 0.0264. The summed E-state index contributed by atoms with van der Waals surface area (Å²) < 4.78 is 0. The average Bonchev–Trinajstić information content (AvgIpc) is 2.93. The van der Waals surface area contributed by atoms with Gasteiger partial charge in [-0.15, -0.1) is 11.3 Å². The molecule has 1 unspecified atom stereocenters. The summed E-state index contributed by atoms with van der Waals surface area (Å²) in [5.74, 6) is 0.483. The number of aryl methyl sites for hydroxylation is 1. The van der Waals surface area contributed by atoms with Crippen LogP contribution >= 0.6 is 11.3 Å². The van der Waals surface area contributed by atoms with Crippen molar-refractivity contribution >= 4 is 23.2 Å². The highest BCUT2D eigenvalue weighted by atomic mass is 32.1. The summed E-state index contributed by atoms with van der Waals surface area (Å²) in [5, 5.41) is 5.92. The van der Waals surface area contributed by atoms with E-state index in [0.717, 1.165) is 36.5 Å². The van der Waals surface area contributed by atoms with Crippen molar-refractivity contribution in [2.75, 3.05) is 13.1 Å². The fourth-order valence-corrected chi connectivity index (χ4v) is 3.85. The van der Waals surface area contributed by atoms with Crippen LogP contribution in [0.4, 0.5) is 0 Å². The molecular weight excluding hydrogens is 310 g/mol. The topological polar surface area (TPSA) is 62.3 Å². The number of nitrogens with zero attached hydrogens (tertiary/aromatic N) is 2. The van der Waals surface area contributed by atoms with E-state index in [-0.39, 0.29) is 17.9 Å². The van der Waals surface area contributed by atoms with E-state index in [2.05, 4.69) is 10.3 Å². The molecule has 1 aromatic heterocycles. The number of hydrogen-bond acceptors (Lipinski definition) is 4. The van der Waals surface area contributed by atoms with Gasteiger partial charge in [0.2, 0.25) is 11.8 Å². The van der Waals surface area contributed by atoms with Crippen LogP contribution in [0.5, 0.6) is 0 Å². The van der Waals surface area contributed by atoms with Crippen LogP contribution in [0, 0.1) is 12.8 Å². The van der Waals surface area contributed by atoms with Gasteiger partial charge in [0.1, 0.15) is 5.01 Å². The van der Waals surface area contributed by atoms with Gasteiger partial charge in [-0.1, -0.05) is 13.8 Å². The van der Waals surface area contributed by atoms with Gasteiger partial charge in [0, 0.05) is 37.0 Å². The van der Waals surface area contributed by atoms with Crippen molar-refractivity contribution in [2.24, 2.45) is 5.92 Å². The van der Waals surface area contributed by atoms with Gasteiger partial charge in [0.05, 0.1) is 6.04 Å². The number of piperidine rings is 1. The molecule has 1 aliphatic rings. The van der Waals surface area contributed by atoms with E-state index in [1.54, 1.807) is 11.3 Å². The summed E-state index contributed by atoms with van der Waals surface area (Å²) >= 11 is 1.64. The molecule has 0 saturated carbocycles. The standard InChI is InChI=1S/C17H27N3O2S/c1-12(2)10-15(21)18-8-7-16(22)20-9-5-4-6-14(20)17-19-13(3)11-23-17/h11-12,14H,4-10H2,1-3H3,(H,18,21). The summed E-state index contributed by atoms with van der Waals surface area (Å²) in [6.07, 6.45) is 4.05. The molecule has 0 aromatic carbocycles. The molecule has 2 heterocycles. The van der Waals surface area contributed by atoms with Crippen molar-refractivity contribution < 1.29 is 9.59 Å². The molecule has 1 saturated heterocycles. The van der Waals surface area contributed by atoms with Crippen molar-refractivity contribution in [1.29, 1.82) is 0 Å². The first-order chi connectivity index (χ1) is 11.0. The Labute approximate surface area is 142 Å². The van der Waals surface area contributed by atoms with Crippen molar-refractivity contribution in [3.8, 4) is 0 Å². The Morgan fingerprint density at radius 2 is 2.22 bits per heavy atom. The van der Waals surface area contributed by atoms with E-state index in [4.69, 9.17) is 0 Å². The van der Waals surface area contributed by atoms with Gasteiger partial charge in [0.15, 0.2) is 0 Å². The second-order valence-corrected chi connectivity index (χ2v) is 7.51. The molecule has 0 aliphatic carbocycles. The molecule has 0 spiro atoms. The Morgan fingerprint density at radius 3 is 2.87 bits per heavy atom. The molecule has 2 rings (SSSR count). The highest BCUT2D eigenvalue weighted by molar-refractivity contribution is 7.09. The van der Waals surface area contributed by atoms with Gasteiger partial charge in [0.25, 0.3) is 0 Å². The third-order valence-corrected chi connectivity index (χ3v) is 5.06. The Morgan fingerprint density at radius 1 is 1.43 bits per heavy atom. The minimum atomic E-state index is 0.0264. The van der Waals surface area contributed by atoms with Crippen LogP contribution in [0.1, 0.15) is 62.7 Å². The number of thiazole rings is 1. The van der Waals surface area contributed by atoms with Crippen molar-refractivity contribution in [1.82, 2.24) is 15.2 Å². The van der Waals surface area contributed by atoms with Crippen LogP contribution in [-0.2, 0) is 9.59 Å². The molecular formula is C17H27N3O2S. The van der Waals surface area contributed by atoms with Crippen molar-refractivity contribution in [3.63, 3.8) is 0 Å². The number of likely N-dealkylation sites (tertiary alicyclic amines) is 1. The number of carbonyl (C=O) groups is 2. The number of nitrogens with one attached hydrogen (secondary N) is 1. The molecule has 1 aliphatic heterocycles. The number of carbonyl (C=O) groups excluding carboxylic acids is 2. The molecule has 2 amide bonds. The maximum atomic E-state index is 12.5. The third kappa shape index (κ3) is 5.30. The van der Waals surface area contributed by atoms with Gasteiger partial charge in [-0.05, 0) is 32.1 Å². The van der Waals surface area contributed by atoms with E-state index >= 15 is 0 Å². The maximum absolute atomic E-state index is 12.5. The lowest BCUT2D eigenvalue weighted by Gasteiger charge is -2.34. The normalized spacial score (nSPS) is 18.3. The van der Waals surface area contributed by atoms with Gasteiger partial charge >= 0.3 is 0 Å². The third-order valence-electron chi connectivity index (χ3n) is 4.00. The first-order valence-electron chi connectivity index (χ1n) is 8.45. The maximum Gasteiger partial charge on any atom is 0.224 e. The Balaban J connectivity index is 1.87. The van der Waals surface area contributed by atoms with E-state index in [9.17, 15) is 9.59 Å². The molecule has 1 aromatic rings. The second kappa shape index (κ2) is 8.43. The average molecular weight is 337 g/mol. The first kappa shape index (κ1) is 17.9. The molecule has 5 nitrogen and oxygen atoms in total. The fourth-order valence-electron chi connectivity index (χ4n) is 2.91. The minimum Gasteiger partial charge on any atom is -0.356 e. The predicted octanol–water partition coefficient (Wildman–Crippen LogP) is 3.06. The fraction of sp³-hybridized carbons (Fsp3) is 0.706. The van der Waals surface area contributed by atoms with E-state index in [0.29, 0.717) is 25.3 Å². The van der Waals surface area contributed by atoms with Crippen LogP contribution in [0.25, 0.3) is 0 Å². The zero-order valence-corrected chi connectivity index (χ0v) is 15.1. The lowest BCUT2D eigenvalue weighted by molar-refractivity contribution is -0.135. The Hall–Kier alpha value is -1.43. The summed E-state index contributed by atoms with van der Waals surface area (Å²) in [5.41, 5.74) is 1.02. The van der Waals surface area contributed by atoms with E-state index < -0.39 is 0 Å². The highest BCUT2D eigenvalue weighted by Gasteiger charge is 2.29. The molecule has 23 heavy (non-hydrogen) atoms. The molecule has 6 heteroatoms. The van der Waals surface area contributed by atoms with E-state index in [1.807, 2.05) is 31.1 Å². The van der Waals surface area contributed by atoms with E-state index in [1.165, 1.54) is 0 Å². The lowest BCUT2D eigenvalue weighted by atomic mass is 10.0. The summed E-state index contributed by atoms with van der Waals surface area (Å²) in [7, 11) is 0. The molecule has 1 N–H and O–H groups in total. The van der Waals surface area contributed by atoms with Crippen LogP contribution < -0.4 is 5.32 Å². The second-order valence-electron chi connectivity index (χ2n) is 6.62. The summed E-state index contributed by atoms with van der Waals surface area (Å²) in [4.78, 5) is 30.7. The zero-order valence-electron chi connectivity index (χ0n) is 14.3. The Kier molecular flexibility index (Phi) is 6.57. The predicted molar refractivity (Wildman–Crippen MR) is 92.2 cm³/mol. The lowest BCUT2D eigenvalue weighted by Crippen LogP contribution is -2.40. The number of amides is 2. The van der Waals surface area contributed by atoms with Crippen LogP contribution in [-0.4, -0.2) is 34.8 Å². The van der Waals surface area contributed by atoms with Crippen molar-refractivity contribution in [2.45, 2.75) is 58.9 Å². The Bertz CT molecular complexity index is 542. The number of aromatic nitrogens is 1. The number of hydrogen-bond donors (Lipinski definition) is 1. The van der Waals surface area contributed by atoms with Gasteiger partial charge in [-0.3, -0.25) is 9.59 Å². The highest BCUT2D eigenvalue weighted by Crippen LogP contribution is 2.33. The first-order valence-corrected chi connectivity index (χ1v) is 9.33. The molecule has 128 valence electrons. The largest absolute Gasteiger partial charge is 0.356 e. The quantitative estimate of drug-likeness (QED) is 0.868. The summed E-state index contributed by atoms with van der Waals surface area (Å²) in [6, 6.07) is 0.112. The van der Waals surface area contributed by atoms with Crippen LogP contribution in [0.15, 0.2) is 5.38 Å². The zero-order chi connectivity index (χ0) is 16.8. The SMILES string of the molecule is Cc1csc(C2CCCCN2C(=O)CCNC(=O)CC(C)C)n1. The molecule has 0 radical (unpaired) electrons. The monoisotopic (exact) mass is 337 g/mol. The van der Waals surface area contributed by atoms with Crippen LogP contribution in [0.2, 0.25) is 0 Å². The van der Waals surface area contributed by atoms with Crippen LogP contribution in [0.3, 0.4) is 0 Å². The summed E-state index contributed by atoms with van der Waals surface area (Å²) in [6.45, 7) is 7.23. The van der Waals surface area contributed by atoms with Crippen molar-refractivity contribution in [3.05, 3.63) is 16.1 Å². The smallest absolute Gasteiger partial charge is 0.224 e. The molecule has 1 atom stereocenters. The number of rotatable bonds is 6. The molecule has 0 bridgehead atoms. The van der Waals surface area contributed by atoms with Gasteiger partial charge in [-0.25, -0.2) is 4.98 Å². The van der Waals surface area contributed by atoms with Gasteiger partial charge < -0.3 is 10.2 Å². The van der Waals surface area contributed by atoms with Gasteiger partial charge in [-0.2, -0.15) is 0 Å². The molecule has 1 fully saturated rings.